The number of nitrogens with zero attached hydrogens (tertiary/aromatic N) is 2. The van der Waals surface area contributed by atoms with Gasteiger partial charge in [0.1, 0.15) is 5.54 Å². The normalized spacial score (nSPS) is 23.2. The van der Waals surface area contributed by atoms with Crippen LogP contribution < -0.4 is 5.32 Å². The Kier molecular flexibility index (Phi) is 5.02. The van der Waals surface area contributed by atoms with E-state index in [1.165, 1.54) is 4.90 Å². The lowest BCUT2D eigenvalue weighted by Gasteiger charge is -2.36. The average molecular weight is 285 g/mol. The van der Waals surface area contributed by atoms with Gasteiger partial charge in [-0.1, -0.05) is 6.92 Å². The Morgan fingerprint density at radius 2 is 2.00 bits per heavy atom. The van der Waals surface area contributed by atoms with Crippen molar-refractivity contribution in [2.75, 3.05) is 27.2 Å². The van der Waals surface area contributed by atoms with Crippen molar-refractivity contribution in [2.24, 2.45) is 0 Å². The number of carboxylic acids is 1. The molecule has 0 aromatic heterocycles. The third kappa shape index (κ3) is 3.06. The van der Waals surface area contributed by atoms with Crippen LogP contribution in [-0.4, -0.2) is 65.2 Å². The van der Waals surface area contributed by atoms with Gasteiger partial charge in [-0.15, -0.1) is 0 Å². The number of hydrogen-bond acceptors (Lipinski definition) is 3. The van der Waals surface area contributed by atoms with Gasteiger partial charge in [0.15, 0.2) is 0 Å². The van der Waals surface area contributed by atoms with Crippen molar-refractivity contribution >= 4 is 12.0 Å². The number of urea groups is 1. The fraction of sp³-hybridized carbons (Fsp3) is 0.857. The van der Waals surface area contributed by atoms with Gasteiger partial charge in [-0.25, -0.2) is 9.59 Å². The summed E-state index contributed by atoms with van der Waals surface area (Å²) in [5, 5.41) is 12.3. The number of carbonyl (C=O) groups excluding carboxylic acids is 1. The molecule has 1 rings (SSSR count). The highest BCUT2D eigenvalue weighted by Crippen LogP contribution is 2.32. The molecule has 1 fully saturated rings. The second kappa shape index (κ2) is 5.99. The van der Waals surface area contributed by atoms with Crippen LogP contribution in [0.2, 0.25) is 0 Å². The first kappa shape index (κ1) is 16.8. The summed E-state index contributed by atoms with van der Waals surface area (Å²) in [6.07, 6.45) is 1.71. The van der Waals surface area contributed by atoms with Crippen molar-refractivity contribution < 1.29 is 14.7 Å². The number of amides is 2. The summed E-state index contributed by atoms with van der Waals surface area (Å²) in [4.78, 5) is 27.4. The van der Waals surface area contributed by atoms with E-state index < -0.39 is 11.5 Å². The largest absolute Gasteiger partial charge is 0.479 e. The lowest BCUT2D eigenvalue weighted by Crippen LogP contribution is -2.58. The van der Waals surface area contributed by atoms with Crippen LogP contribution in [0.15, 0.2) is 0 Å². The molecular weight excluding hydrogens is 258 g/mol. The first-order chi connectivity index (χ1) is 9.17. The number of hydrogen-bond donors (Lipinski definition) is 2. The smallest absolute Gasteiger partial charge is 0.329 e. The maximum Gasteiger partial charge on any atom is 0.329 e. The molecule has 0 bridgehead atoms. The number of likely N-dealkylation sites (tertiary alicyclic amines) is 1. The third-order valence-corrected chi connectivity index (χ3v) is 4.60. The van der Waals surface area contributed by atoms with Gasteiger partial charge in [-0.2, -0.15) is 0 Å². The fourth-order valence-electron chi connectivity index (χ4n) is 2.46. The quantitative estimate of drug-likeness (QED) is 0.800. The first-order valence-corrected chi connectivity index (χ1v) is 7.13. The van der Waals surface area contributed by atoms with Crippen LogP contribution in [0.25, 0.3) is 0 Å². The van der Waals surface area contributed by atoms with E-state index >= 15 is 0 Å². The molecule has 0 aliphatic carbocycles. The molecule has 2 amide bonds. The van der Waals surface area contributed by atoms with Gasteiger partial charge in [0, 0.05) is 18.6 Å². The SMILES string of the molecule is CCC1(C(=O)O)CCCN1C(=O)NCC(C)(C)N(C)C. The Morgan fingerprint density at radius 1 is 1.40 bits per heavy atom. The number of aliphatic carboxylic acids is 1. The van der Waals surface area contributed by atoms with Gasteiger partial charge < -0.3 is 20.2 Å². The van der Waals surface area contributed by atoms with Crippen molar-refractivity contribution in [3.63, 3.8) is 0 Å². The van der Waals surface area contributed by atoms with Crippen LogP contribution >= 0.6 is 0 Å². The molecule has 1 unspecified atom stereocenters. The maximum atomic E-state index is 12.3. The molecule has 2 N–H and O–H groups in total. The van der Waals surface area contributed by atoms with E-state index in [1.807, 2.05) is 39.8 Å². The number of carboxylic acid groups (broad SMARTS) is 1. The van der Waals surface area contributed by atoms with E-state index in [0.717, 1.165) is 6.42 Å². The first-order valence-electron chi connectivity index (χ1n) is 7.13. The second-order valence-corrected chi connectivity index (χ2v) is 6.31. The van der Waals surface area contributed by atoms with Gasteiger partial charge in [-0.05, 0) is 47.2 Å². The molecule has 0 aromatic carbocycles. The van der Waals surface area contributed by atoms with Gasteiger partial charge in [0.2, 0.25) is 0 Å². The molecule has 6 heteroatoms. The zero-order chi connectivity index (χ0) is 15.6. The van der Waals surface area contributed by atoms with Crippen molar-refractivity contribution in [2.45, 2.75) is 51.1 Å². The van der Waals surface area contributed by atoms with Crippen LogP contribution in [0.3, 0.4) is 0 Å². The summed E-state index contributed by atoms with van der Waals surface area (Å²) in [5.41, 5.74) is -1.21. The van der Waals surface area contributed by atoms with Crippen molar-refractivity contribution in [1.82, 2.24) is 15.1 Å². The van der Waals surface area contributed by atoms with E-state index in [9.17, 15) is 14.7 Å². The number of nitrogens with one attached hydrogen (secondary N) is 1. The van der Waals surface area contributed by atoms with E-state index in [2.05, 4.69) is 5.32 Å². The third-order valence-electron chi connectivity index (χ3n) is 4.60. The Bertz CT molecular complexity index is 382. The lowest BCUT2D eigenvalue weighted by atomic mass is 9.93. The molecule has 20 heavy (non-hydrogen) atoms. The highest BCUT2D eigenvalue weighted by Gasteiger charge is 2.48. The highest BCUT2D eigenvalue weighted by molar-refractivity contribution is 5.87. The fourth-order valence-corrected chi connectivity index (χ4v) is 2.46. The molecule has 116 valence electrons. The molecule has 0 radical (unpaired) electrons. The molecule has 1 atom stereocenters. The van der Waals surface area contributed by atoms with E-state index in [4.69, 9.17) is 0 Å². The van der Waals surface area contributed by atoms with Crippen molar-refractivity contribution in [3.8, 4) is 0 Å². The molecule has 0 saturated carbocycles. The Hall–Kier alpha value is -1.30. The van der Waals surface area contributed by atoms with Crippen LogP contribution in [0, 0.1) is 0 Å². The summed E-state index contributed by atoms with van der Waals surface area (Å²) < 4.78 is 0. The summed E-state index contributed by atoms with van der Waals surface area (Å²) in [5.74, 6) is -0.903. The second-order valence-electron chi connectivity index (χ2n) is 6.31. The van der Waals surface area contributed by atoms with E-state index in [0.29, 0.717) is 25.9 Å². The van der Waals surface area contributed by atoms with Crippen molar-refractivity contribution in [3.05, 3.63) is 0 Å². The lowest BCUT2D eigenvalue weighted by molar-refractivity contribution is -0.148. The topological polar surface area (TPSA) is 72.9 Å². The number of rotatable bonds is 5. The summed E-state index contributed by atoms with van der Waals surface area (Å²) in [6, 6.07) is -0.276. The minimum absolute atomic E-state index is 0.173. The Morgan fingerprint density at radius 3 is 2.45 bits per heavy atom. The highest BCUT2D eigenvalue weighted by atomic mass is 16.4. The van der Waals surface area contributed by atoms with Crippen molar-refractivity contribution in [1.29, 1.82) is 0 Å². The number of carbonyl (C=O) groups is 2. The monoisotopic (exact) mass is 285 g/mol. The summed E-state index contributed by atoms with van der Waals surface area (Å²) >= 11 is 0. The number of likely N-dealkylation sites (N-methyl/N-ethyl adjacent to an activating group) is 1. The Balaban J connectivity index is 2.75. The molecular formula is C14H27N3O3. The van der Waals surface area contributed by atoms with Gasteiger partial charge in [-0.3, -0.25) is 0 Å². The van der Waals surface area contributed by atoms with Gasteiger partial charge >= 0.3 is 12.0 Å². The standard InChI is InChI=1S/C14H27N3O3/c1-6-14(11(18)19)8-7-9-17(14)12(20)15-10-13(2,3)16(4)5/h6-10H2,1-5H3,(H,15,20)(H,18,19). The zero-order valence-corrected chi connectivity index (χ0v) is 13.2. The molecule has 0 aromatic rings. The summed E-state index contributed by atoms with van der Waals surface area (Å²) in [7, 11) is 3.91. The molecule has 1 aliphatic heterocycles. The Labute approximate surface area is 121 Å². The van der Waals surface area contributed by atoms with E-state index in [1.54, 1.807) is 0 Å². The van der Waals surface area contributed by atoms with E-state index in [-0.39, 0.29) is 11.6 Å². The minimum Gasteiger partial charge on any atom is -0.479 e. The van der Waals surface area contributed by atoms with Crippen LogP contribution in [0.1, 0.15) is 40.0 Å². The van der Waals surface area contributed by atoms with Gasteiger partial charge in [0.25, 0.3) is 0 Å². The zero-order valence-electron chi connectivity index (χ0n) is 13.2. The minimum atomic E-state index is -1.04. The van der Waals surface area contributed by atoms with Gasteiger partial charge in [0.05, 0.1) is 0 Å². The van der Waals surface area contributed by atoms with Crippen LogP contribution in [0.5, 0.6) is 0 Å². The van der Waals surface area contributed by atoms with Crippen LogP contribution in [0.4, 0.5) is 4.79 Å². The molecule has 1 aliphatic rings. The summed E-state index contributed by atoms with van der Waals surface area (Å²) in [6.45, 7) is 6.87. The molecule has 6 nitrogen and oxygen atoms in total. The average Bonchev–Trinajstić information content (AvgIpc) is 2.80. The molecule has 0 spiro atoms. The molecule has 1 saturated heterocycles. The predicted octanol–water partition coefficient (Wildman–Crippen LogP) is 1.37. The predicted molar refractivity (Wildman–Crippen MR) is 77.8 cm³/mol. The molecule has 1 heterocycles. The maximum absolute atomic E-state index is 12.3. The van der Waals surface area contributed by atoms with Crippen LogP contribution in [-0.2, 0) is 4.79 Å².